The lowest BCUT2D eigenvalue weighted by Gasteiger charge is -2.16. The number of rotatable bonds is 6. The van der Waals surface area contributed by atoms with Gasteiger partial charge in [-0.25, -0.2) is 0 Å². The van der Waals surface area contributed by atoms with Gasteiger partial charge < -0.3 is 9.84 Å². The normalized spacial score (nSPS) is 12.5. The summed E-state index contributed by atoms with van der Waals surface area (Å²) >= 11 is 0. The quantitative estimate of drug-likeness (QED) is 0.753. The van der Waals surface area contributed by atoms with Crippen molar-refractivity contribution in [2.75, 3.05) is 0 Å². The number of nitrogens with one attached hydrogen (secondary N) is 1. The SMILES string of the molecule is CC[C@@H](NCc1nnnn1-c1ccccc1)c1c(C)noc1C. The Morgan fingerprint density at radius 3 is 2.65 bits per heavy atom. The summed E-state index contributed by atoms with van der Waals surface area (Å²) in [5, 5.41) is 19.5. The van der Waals surface area contributed by atoms with Crippen LogP contribution in [0.25, 0.3) is 5.69 Å². The summed E-state index contributed by atoms with van der Waals surface area (Å²) in [4.78, 5) is 0. The Morgan fingerprint density at radius 1 is 1.22 bits per heavy atom. The Hall–Kier alpha value is -2.54. The van der Waals surface area contributed by atoms with E-state index >= 15 is 0 Å². The van der Waals surface area contributed by atoms with Crippen LogP contribution in [0, 0.1) is 13.8 Å². The van der Waals surface area contributed by atoms with Gasteiger partial charge in [-0.3, -0.25) is 0 Å². The van der Waals surface area contributed by atoms with E-state index in [-0.39, 0.29) is 6.04 Å². The van der Waals surface area contributed by atoms with Gasteiger partial charge in [0.05, 0.1) is 17.9 Å². The van der Waals surface area contributed by atoms with E-state index in [0.717, 1.165) is 35.0 Å². The zero-order valence-electron chi connectivity index (χ0n) is 13.5. The summed E-state index contributed by atoms with van der Waals surface area (Å²) in [6, 6.07) is 10.0. The molecule has 2 heterocycles. The van der Waals surface area contributed by atoms with Gasteiger partial charge >= 0.3 is 0 Å². The zero-order chi connectivity index (χ0) is 16.2. The van der Waals surface area contributed by atoms with Crippen LogP contribution < -0.4 is 5.32 Å². The smallest absolute Gasteiger partial charge is 0.170 e. The molecule has 0 amide bonds. The van der Waals surface area contributed by atoms with Crippen LogP contribution >= 0.6 is 0 Å². The maximum Gasteiger partial charge on any atom is 0.170 e. The second-order valence-electron chi connectivity index (χ2n) is 5.42. The number of para-hydroxylation sites is 1. The van der Waals surface area contributed by atoms with Crippen LogP contribution in [-0.2, 0) is 6.54 Å². The molecule has 0 bridgehead atoms. The molecular formula is C16H20N6O. The van der Waals surface area contributed by atoms with Crippen molar-refractivity contribution in [3.63, 3.8) is 0 Å². The fourth-order valence-electron chi connectivity index (χ4n) is 2.74. The average molecular weight is 312 g/mol. The highest BCUT2D eigenvalue weighted by Crippen LogP contribution is 2.24. The highest BCUT2D eigenvalue weighted by atomic mass is 16.5. The third kappa shape index (κ3) is 3.14. The molecule has 0 aliphatic rings. The number of tetrazole rings is 1. The van der Waals surface area contributed by atoms with Crippen molar-refractivity contribution in [2.45, 2.75) is 39.8 Å². The number of aromatic nitrogens is 5. The van der Waals surface area contributed by atoms with E-state index in [0.29, 0.717) is 6.54 Å². The lowest BCUT2D eigenvalue weighted by Crippen LogP contribution is -2.23. The van der Waals surface area contributed by atoms with Gasteiger partial charge in [0.1, 0.15) is 5.76 Å². The molecule has 1 aromatic carbocycles. The Labute approximate surface area is 134 Å². The van der Waals surface area contributed by atoms with E-state index in [9.17, 15) is 0 Å². The van der Waals surface area contributed by atoms with E-state index in [4.69, 9.17) is 4.52 Å². The molecule has 2 aromatic heterocycles. The monoisotopic (exact) mass is 312 g/mol. The minimum absolute atomic E-state index is 0.155. The van der Waals surface area contributed by atoms with Gasteiger partial charge in [-0.05, 0) is 42.8 Å². The van der Waals surface area contributed by atoms with Gasteiger partial charge in [-0.15, -0.1) is 5.10 Å². The van der Waals surface area contributed by atoms with Gasteiger partial charge in [-0.2, -0.15) is 4.68 Å². The average Bonchev–Trinajstić information content (AvgIpc) is 3.17. The number of hydrogen-bond donors (Lipinski definition) is 1. The Bertz CT molecular complexity index is 744. The van der Waals surface area contributed by atoms with E-state index in [1.165, 1.54) is 0 Å². The molecule has 0 saturated heterocycles. The van der Waals surface area contributed by atoms with Crippen molar-refractivity contribution < 1.29 is 4.52 Å². The maximum absolute atomic E-state index is 5.27. The van der Waals surface area contributed by atoms with Gasteiger partial charge in [0.15, 0.2) is 5.82 Å². The minimum Gasteiger partial charge on any atom is -0.361 e. The molecule has 3 aromatic rings. The molecule has 3 rings (SSSR count). The summed E-state index contributed by atoms with van der Waals surface area (Å²) in [5.41, 5.74) is 2.98. The molecule has 0 aliphatic carbocycles. The summed E-state index contributed by atoms with van der Waals surface area (Å²) in [7, 11) is 0. The minimum atomic E-state index is 0.155. The molecule has 7 nitrogen and oxygen atoms in total. The molecule has 1 atom stereocenters. The molecule has 7 heteroatoms. The van der Waals surface area contributed by atoms with Crippen molar-refractivity contribution in [3.8, 4) is 5.69 Å². The van der Waals surface area contributed by atoms with Crippen molar-refractivity contribution in [2.24, 2.45) is 0 Å². The fourth-order valence-corrected chi connectivity index (χ4v) is 2.74. The second-order valence-corrected chi connectivity index (χ2v) is 5.42. The molecule has 0 aliphatic heterocycles. The number of aryl methyl sites for hydroxylation is 2. The molecule has 0 fully saturated rings. The Balaban J connectivity index is 1.77. The first-order valence-corrected chi connectivity index (χ1v) is 7.69. The third-order valence-corrected chi connectivity index (χ3v) is 3.89. The summed E-state index contributed by atoms with van der Waals surface area (Å²) in [6.07, 6.45) is 0.926. The first kappa shape index (κ1) is 15.4. The summed E-state index contributed by atoms with van der Waals surface area (Å²) < 4.78 is 7.02. The molecule has 0 radical (unpaired) electrons. The van der Waals surface area contributed by atoms with Crippen LogP contribution in [0.1, 0.15) is 42.2 Å². The van der Waals surface area contributed by atoms with Crippen LogP contribution in [0.3, 0.4) is 0 Å². The van der Waals surface area contributed by atoms with E-state index < -0.39 is 0 Å². The topological polar surface area (TPSA) is 81.7 Å². The Morgan fingerprint density at radius 2 is 2.00 bits per heavy atom. The first-order chi connectivity index (χ1) is 11.2. The Kier molecular flexibility index (Phi) is 4.47. The lowest BCUT2D eigenvalue weighted by molar-refractivity contribution is 0.389. The molecule has 0 spiro atoms. The highest BCUT2D eigenvalue weighted by molar-refractivity contribution is 5.30. The molecule has 120 valence electrons. The highest BCUT2D eigenvalue weighted by Gasteiger charge is 2.19. The van der Waals surface area contributed by atoms with Gasteiger partial charge in [0.2, 0.25) is 0 Å². The van der Waals surface area contributed by atoms with Gasteiger partial charge in [0, 0.05) is 11.6 Å². The van der Waals surface area contributed by atoms with Crippen LogP contribution in [0.2, 0.25) is 0 Å². The number of hydrogen-bond acceptors (Lipinski definition) is 6. The summed E-state index contributed by atoms with van der Waals surface area (Å²) in [6.45, 7) is 6.59. The maximum atomic E-state index is 5.27. The largest absolute Gasteiger partial charge is 0.361 e. The molecule has 1 N–H and O–H groups in total. The molecule has 0 saturated carbocycles. The lowest BCUT2D eigenvalue weighted by atomic mass is 10.0. The molecule has 23 heavy (non-hydrogen) atoms. The predicted molar refractivity (Wildman–Crippen MR) is 85.0 cm³/mol. The van der Waals surface area contributed by atoms with Gasteiger partial charge in [0.25, 0.3) is 0 Å². The fraction of sp³-hybridized carbons (Fsp3) is 0.375. The number of benzene rings is 1. The van der Waals surface area contributed by atoms with Gasteiger partial charge in [-0.1, -0.05) is 30.3 Å². The van der Waals surface area contributed by atoms with Crippen LogP contribution in [0.4, 0.5) is 0 Å². The van der Waals surface area contributed by atoms with E-state index in [2.05, 4.69) is 32.9 Å². The van der Waals surface area contributed by atoms with E-state index in [1.54, 1.807) is 4.68 Å². The molecule has 0 unspecified atom stereocenters. The first-order valence-electron chi connectivity index (χ1n) is 7.69. The van der Waals surface area contributed by atoms with Crippen molar-refractivity contribution in [3.05, 3.63) is 53.2 Å². The van der Waals surface area contributed by atoms with Crippen LogP contribution in [0.15, 0.2) is 34.9 Å². The second kappa shape index (κ2) is 6.70. The zero-order valence-corrected chi connectivity index (χ0v) is 13.5. The van der Waals surface area contributed by atoms with Crippen molar-refractivity contribution in [1.82, 2.24) is 30.7 Å². The van der Waals surface area contributed by atoms with Crippen LogP contribution in [0.5, 0.6) is 0 Å². The van der Waals surface area contributed by atoms with E-state index in [1.807, 2.05) is 44.2 Å². The van der Waals surface area contributed by atoms with Crippen LogP contribution in [-0.4, -0.2) is 25.4 Å². The number of nitrogens with zero attached hydrogens (tertiary/aromatic N) is 5. The summed E-state index contributed by atoms with van der Waals surface area (Å²) in [5.74, 6) is 1.62. The molecular weight excluding hydrogens is 292 g/mol. The third-order valence-electron chi connectivity index (χ3n) is 3.89. The predicted octanol–water partition coefficient (Wildman–Crippen LogP) is 2.51. The van der Waals surface area contributed by atoms with Crippen molar-refractivity contribution >= 4 is 0 Å². The van der Waals surface area contributed by atoms with Crippen molar-refractivity contribution in [1.29, 1.82) is 0 Å². The standard InChI is InChI=1S/C16H20N6O/c1-4-14(16-11(2)19-23-12(16)3)17-10-15-18-20-21-22(15)13-8-6-5-7-9-13/h5-9,14,17H,4,10H2,1-3H3/t14-/m1/s1.